The van der Waals surface area contributed by atoms with E-state index in [-0.39, 0.29) is 12.7 Å². The topological polar surface area (TPSA) is 61.8 Å². The van der Waals surface area contributed by atoms with Crippen molar-refractivity contribution in [2.75, 3.05) is 21.3 Å². The van der Waals surface area contributed by atoms with E-state index >= 15 is 0 Å². The van der Waals surface area contributed by atoms with Gasteiger partial charge in [0.15, 0.2) is 6.29 Å². The third-order valence-corrected chi connectivity index (χ3v) is 1.78. The molecule has 0 saturated carbocycles. The Morgan fingerprint density at radius 1 is 1.14 bits per heavy atom. The average Bonchev–Trinajstić information content (AvgIpc) is 2.22. The van der Waals surface area contributed by atoms with E-state index in [9.17, 15) is 9.59 Å². The van der Waals surface area contributed by atoms with Gasteiger partial charge in [0, 0.05) is 20.6 Å². The van der Waals surface area contributed by atoms with Crippen molar-refractivity contribution in [3.05, 3.63) is 0 Å². The Balaban J connectivity index is 3.63. The molecule has 0 spiro atoms. The van der Waals surface area contributed by atoms with Crippen molar-refractivity contribution in [3.63, 3.8) is 0 Å². The minimum atomic E-state index is -0.795. The number of carbonyl (C=O) groups excluding carboxylic acids is 2. The molecule has 0 fully saturated rings. The van der Waals surface area contributed by atoms with Crippen molar-refractivity contribution >= 4 is 11.8 Å². The fourth-order valence-corrected chi connectivity index (χ4v) is 0.977. The molecular formula is C9H16O5. The second kappa shape index (κ2) is 7.46. The molecule has 0 aromatic heterocycles. The molecule has 0 aliphatic rings. The van der Waals surface area contributed by atoms with Gasteiger partial charge >= 0.3 is 5.97 Å². The highest BCUT2D eigenvalue weighted by Crippen LogP contribution is 2.05. The minimum Gasteiger partial charge on any atom is -0.463 e. The Morgan fingerprint density at radius 3 is 2.14 bits per heavy atom. The monoisotopic (exact) mass is 204 g/mol. The van der Waals surface area contributed by atoms with Gasteiger partial charge in [-0.25, -0.2) is 4.79 Å². The van der Waals surface area contributed by atoms with E-state index in [4.69, 9.17) is 9.47 Å². The van der Waals surface area contributed by atoms with Crippen LogP contribution in [0.2, 0.25) is 0 Å². The molecule has 0 heterocycles. The summed E-state index contributed by atoms with van der Waals surface area (Å²) in [6, 6.07) is 0. The van der Waals surface area contributed by atoms with Gasteiger partial charge in [-0.3, -0.25) is 4.79 Å². The van der Waals surface area contributed by atoms with Crippen molar-refractivity contribution in [2.24, 2.45) is 0 Å². The van der Waals surface area contributed by atoms with Crippen LogP contribution < -0.4 is 0 Å². The predicted octanol–water partition coefficient (Wildman–Crippen LogP) is 0.518. The fourth-order valence-electron chi connectivity index (χ4n) is 0.977. The Kier molecular flexibility index (Phi) is 6.96. The summed E-state index contributed by atoms with van der Waals surface area (Å²) in [4.78, 5) is 21.7. The first kappa shape index (κ1) is 13.1. The van der Waals surface area contributed by atoms with Gasteiger partial charge < -0.3 is 14.2 Å². The number of hydrogen-bond donors (Lipinski definition) is 0. The Hall–Kier alpha value is -0.940. The second-order valence-corrected chi connectivity index (χ2v) is 2.71. The molecule has 0 radical (unpaired) electrons. The summed E-state index contributed by atoms with van der Waals surface area (Å²) in [6.07, 6.45) is 0.965. The van der Waals surface area contributed by atoms with Crippen LogP contribution in [0.5, 0.6) is 0 Å². The Morgan fingerprint density at radius 2 is 1.71 bits per heavy atom. The van der Waals surface area contributed by atoms with E-state index < -0.39 is 11.8 Å². The zero-order chi connectivity index (χ0) is 11.0. The number of ether oxygens (including phenoxy) is 3. The van der Waals surface area contributed by atoms with Crippen molar-refractivity contribution in [3.8, 4) is 0 Å². The summed E-state index contributed by atoms with van der Waals surface area (Å²) >= 11 is 0. The number of hydrogen-bond acceptors (Lipinski definition) is 5. The van der Waals surface area contributed by atoms with Crippen LogP contribution in [-0.2, 0) is 23.8 Å². The maximum atomic E-state index is 11.0. The molecule has 0 aromatic carbocycles. The number of Topliss-reactive ketones (excluding diaryl/α,β-unsaturated/α-hetero) is 1. The molecule has 0 saturated heterocycles. The second-order valence-electron chi connectivity index (χ2n) is 2.71. The lowest BCUT2D eigenvalue weighted by Gasteiger charge is -2.11. The highest BCUT2D eigenvalue weighted by molar-refractivity contribution is 6.33. The van der Waals surface area contributed by atoms with E-state index in [1.807, 2.05) is 0 Å². The van der Waals surface area contributed by atoms with Crippen LogP contribution >= 0.6 is 0 Å². The third kappa shape index (κ3) is 4.94. The Labute approximate surface area is 83.3 Å². The van der Waals surface area contributed by atoms with Gasteiger partial charge in [0.05, 0.1) is 7.11 Å². The molecule has 0 rings (SSSR count). The van der Waals surface area contributed by atoms with Crippen molar-refractivity contribution in [1.29, 1.82) is 0 Å². The van der Waals surface area contributed by atoms with E-state index in [0.29, 0.717) is 12.8 Å². The standard InChI is InChI=1S/C9H16O5/c1-12-8(13-2)6-4-5-7(10)9(11)14-3/h8H,4-6H2,1-3H3. The number of esters is 1. The lowest BCUT2D eigenvalue weighted by Crippen LogP contribution is -2.17. The minimum absolute atomic E-state index is 0.163. The molecule has 0 aliphatic carbocycles. The summed E-state index contributed by atoms with van der Waals surface area (Å²) in [6.45, 7) is 0. The molecule has 0 unspecified atom stereocenters. The molecule has 0 N–H and O–H groups in total. The first-order valence-corrected chi connectivity index (χ1v) is 4.32. The summed E-state index contributed by atoms with van der Waals surface area (Å²) in [5, 5.41) is 0. The molecule has 82 valence electrons. The van der Waals surface area contributed by atoms with E-state index in [1.54, 1.807) is 0 Å². The highest BCUT2D eigenvalue weighted by Gasteiger charge is 2.14. The lowest BCUT2D eigenvalue weighted by atomic mass is 10.2. The lowest BCUT2D eigenvalue weighted by molar-refractivity contribution is -0.152. The summed E-state index contributed by atoms with van der Waals surface area (Å²) in [5.41, 5.74) is 0. The predicted molar refractivity (Wildman–Crippen MR) is 48.7 cm³/mol. The molecular weight excluding hydrogens is 188 g/mol. The third-order valence-electron chi connectivity index (χ3n) is 1.78. The highest BCUT2D eigenvalue weighted by atomic mass is 16.7. The molecule has 0 atom stereocenters. The largest absolute Gasteiger partial charge is 0.463 e. The van der Waals surface area contributed by atoms with Crippen LogP contribution in [0.25, 0.3) is 0 Å². The molecule has 0 bridgehead atoms. The zero-order valence-electron chi connectivity index (χ0n) is 8.74. The SMILES string of the molecule is COC(=O)C(=O)CCCC(OC)OC. The van der Waals surface area contributed by atoms with Gasteiger partial charge in [0.25, 0.3) is 0 Å². The summed E-state index contributed by atoms with van der Waals surface area (Å²) in [5.74, 6) is -1.31. The van der Waals surface area contributed by atoms with Gasteiger partial charge in [-0.15, -0.1) is 0 Å². The smallest absolute Gasteiger partial charge is 0.374 e. The van der Waals surface area contributed by atoms with Gasteiger partial charge in [-0.1, -0.05) is 0 Å². The van der Waals surface area contributed by atoms with Crippen LogP contribution in [-0.4, -0.2) is 39.4 Å². The van der Waals surface area contributed by atoms with E-state index in [0.717, 1.165) is 0 Å². The molecule has 0 aromatic rings. The van der Waals surface area contributed by atoms with Gasteiger partial charge in [0.2, 0.25) is 5.78 Å². The van der Waals surface area contributed by atoms with Gasteiger partial charge in [-0.05, 0) is 12.8 Å². The number of rotatable bonds is 7. The van der Waals surface area contributed by atoms with E-state index in [2.05, 4.69) is 4.74 Å². The Bertz CT molecular complexity index is 186. The van der Waals surface area contributed by atoms with Crippen LogP contribution in [0.3, 0.4) is 0 Å². The van der Waals surface area contributed by atoms with Gasteiger partial charge in [0.1, 0.15) is 0 Å². The summed E-state index contributed by atoms with van der Waals surface area (Å²) in [7, 11) is 4.24. The molecule has 0 aliphatic heterocycles. The molecule has 5 nitrogen and oxygen atoms in total. The van der Waals surface area contributed by atoms with Crippen LogP contribution in [0, 0.1) is 0 Å². The van der Waals surface area contributed by atoms with Gasteiger partial charge in [-0.2, -0.15) is 0 Å². The normalized spacial score (nSPS) is 10.3. The molecule has 5 heteroatoms. The molecule has 14 heavy (non-hydrogen) atoms. The first-order valence-electron chi connectivity index (χ1n) is 4.32. The van der Waals surface area contributed by atoms with Crippen LogP contribution in [0.15, 0.2) is 0 Å². The maximum absolute atomic E-state index is 11.0. The van der Waals surface area contributed by atoms with Crippen molar-refractivity contribution < 1.29 is 23.8 Å². The number of carbonyl (C=O) groups is 2. The van der Waals surface area contributed by atoms with E-state index in [1.165, 1.54) is 21.3 Å². The first-order chi connectivity index (χ1) is 6.65. The van der Waals surface area contributed by atoms with Crippen molar-refractivity contribution in [1.82, 2.24) is 0 Å². The fraction of sp³-hybridized carbons (Fsp3) is 0.778. The summed E-state index contributed by atoms with van der Waals surface area (Å²) < 4.78 is 14.1. The van der Waals surface area contributed by atoms with Crippen LogP contribution in [0.1, 0.15) is 19.3 Å². The molecule has 0 amide bonds. The number of ketones is 1. The number of methoxy groups -OCH3 is 3. The maximum Gasteiger partial charge on any atom is 0.374 e. The van der Waals surface area contributed by atoms with Crippen molar-refractivity contribution in [2.45, 2.75) is 25.6 Å². The zero-order valence-corrected chi connectivity index (χ0v) is 8.74. The quantitative estimate of drug-likeness (QED) is 0.343. The van der Waals surface area contributed by atoms with Crippen LogP contribution in [0.4, 0.5) is 0 Å². The average molecular weight is 204 g/mol.